The molecule has 5 rings (SSSR count). The van der Waals surface area contributed by atoms with E-state index in [0.29, 0.717) is 18.4 Å². The molecule has 7 nitrogen and oxygen atoms in total. The highest BCUT2D eigenvalue weighted by atomic mass is 16.7. The van der Waals surface area contributed by atoms with Crippen molar-refractivity contribution in [3.8, 4) is 0 Å². The third kappa shape index (κ3) is 3.63. The second-order valence-corrected chi connectivity index (χ2v) is 11.2. The van der Waals surface area contributed by atoms with Gasteiger partial charge in [0.1, 0.15) is 12.2 Å². The lowest BCUT2D eigenvalue weighted by molar-refractivity contribution is -0.373. The summed E-state index contributed by atoms with van der Waals surface area (Å²) >= 11 is 0. The summed E-state index contributed by atoms with van der Waals surface area (Å²) in [5.74, 6) is -4.83. The Balaban J connectivity index is 1.44. The van der Waals surface area contributed by atoms with Crippen LogP contribution >= 0.6 is 0 Å². The van der Waals surface area contributed by atoms with E-state index in [1.165, 1.54) is 6.08 Å². The van der Waals surface area contributed by atoms with Gasteiger partial charge in [-0.3, -0.25) is 0 Å². The van der Waals surface area contributed by atoms with E-state index >= 15 is 0 Å². The molecule has 4 aliphatic rings. The average Bonchev–Trinajstić information content (AvgIpc) is 3.03. The highest BCUT2D eigenvalue weighted by Gasteiger charge is 2.73. The number of benzene rings is 1. The molecule has 1 aromatic carbocycles. The highest BCUT2D eigenvalue weighted by molar-refractivity contribution is 5.87. The lowest BCUT2D eigenvalue weighted by Gasteiger charge is -2.60. The fourth-order valence-electron chi connectivity index (χ4n) is 6.93. The number of hydrogen-bond donors (Lipinski definition) is 3. The first-order valence-corrected chi connectivity index (χ1v) is 12.7. The van der Waals surface area contributed by atoms with Crippen LogP contribution in [0.4, 0.5) is 0 Å². The number of ether oxygens (including phenoxy) is 3. The standard InChI is InChI=1S/C29H36O7/c1-16(2)23-18(4)28(32)15-21-25(31)24-17(3)20(34-22(30)12-11-19-9-7-6-8-10-19)13-14-27(24,5)29(33,35-21)26(23)36-28/h6-12,18,20-21,24-26,31-33H,3,13-15H2,1-2,4-5H3/b12-11+/t18-,20+,21-,24+,25-,26-,27-,28-,29+/m1/s1. The molecular weight excluding hydrogens is 460 g/mol. The molecule has 3 N–H and O–H groups in total. The van der Waals surface area contributed by atoms with Crippen molar-refractivity contribution in [2.75, 3.05) is 0 Å². The molecule has 3 saturated heterocycles. The molecule has 0 radical (unpaired) electrons. The number of allylic oxidation sites excluding steroid dienone is 1. The van der Waals surface area contributed by atoms with Crippen molar-refractivity contribution < 1.29 is 34.3 Å². The summed E-state index contributed by atoms with van der Waals surface area (Å²) in [4.78, 5) is 12.6. The lowest BCUT2D eigenvalue weighted by atomic mass is 9.54. The minimum atomic E-state index is -1.80. The summed E-state index contributed by atoms with van der Waals surface area (Å²) in [5, 5.41) is 35.1. The first kappa shape index (κ1) is 25.4. The van der Waals surface area contributed by atoms with Gasteiger partial charge in [-0.2, -0.15) is 0 Å². The minimum Gasteiger partial charge on any atom is -0.455 e. The molecule has 0 amide bonds. The Kier molecular flexibility index (Phi) is 6.09. The second kappa shape index (κ2) is 8.64. The third-order valence-electron chi connectivity index (χ3n) is 8.94. The van der Waals surface area contributed by atoms with E-state index in [4.69, 9.17) is 14.2 Å². The lowest BCUT2D eigenvalue weighted by Crippen LogP contribution is -2.70. The number of carbonyl (C=O) groups is 1. The zero-order chi connectivity index (χ0) is 26.0. The van der Waals surface area contributed by atoms with Crippen molar-refractivity contribution in [2.24, 2.45) is 17.3 Å². The van der Waals surface area contributed by atoms with Crippen LogP contribution in [0.15, 0.2) is 59.7 Å². The predicted molar refractivity (Wildman–Crippen MR) is 133 cm³/mol. The Morgan fingerprint density at radius 1 is 1.19 bits per heavy atom. The monoisotopic (exact) mass is 496 g/mol. The maximum Gasteiger partial charge on any atom is 0.331 e. The van der Waals surface area contributed by atoms with E-state index in [-0.39, 0.29) is 12.3 Å². The van der Waals surface area contributed by atoms with Crippen LogP contribution < -0.4 is 0 Å². The number of esters is 1. The van der Waals surface area contributed by atoms with Gasteiger partial charge >= 0.3 is 5.97 Å². The minimum absolute atomic E-state index is 0.00898. The van der Waals surface area contributed by atoms with E-state index in [2.05, 4.69) is 6.58 Å². The molecule has 1 aliphatic carbocycles. The van der Waals surface area contributed by atoms with E-state index in [1.807, 2.05) is 58.0 Å². The second-order valence-electron chi connectivity index (χ2n) is 11.2. The molecule has 1 saturated carbocycles. The van der Waals surface area contributed by atoms with E-state index in [9.17, 15) is 20.1 Å². The summed E-state index contributed by atoms with van der Waals surface area (Å²) in [6.07, 6.45) is 0.480. The number of hydrogen-bond acceptors (Lipinski definition) is 7. The first-order valence-electron chi connectivity index (χ1n) is 12.7. The number of carbonyl (C=O) groups excluding carboxylic acids is 1. The molecule has 9 atom stereocenters. The molecule has 0 aromatic heterocycles. The fourth-order valence-corrected chi connectivity index (χ4v) is 6.93. The van der Waals surface area contributed by atoms with Gasteiger partial charge in [-0.15, -0.1) is 0 Å². The smallest absolute Gasteiger partial charge is 0.331 e. The van der Waals surface area contributed by atoms with Crippen molar-refractivity contribution >= 4 is 12.0 Å². The quantitative estimate of drug-likeness (QED) is 0.334. The zero-order valence-electron chi connectivity index (χ0n) is 21.3. The predicted octanol–water partition coefficient (Wildman–Crippen LogP) is 3.50. The Morgan fingerprint density at radius 3 is 2.56 bits per heavy atom. The molecule has 7 heteroatoms. The Morgan fingerprint density at radius 2 is 1.89 bits per heavy atom. The molecule has 4 bridgehead atoms. The maximum absolute atomic E-state index is 12.6. The van der Waals surface area contributed by atoms with Gasteiger partial charge in [0, 0.05) is 29.7 Å². The van der Waals surface area contributed by atoms with Gasteiger partial charge < -0.3 is 29.5 Å². The first-order chi connectivity index (χ1) is 16.9. The average molecular weight is 497 g/mol. The molecule has 3 heterocycles. The molecule has 4 fully saturated rings. The summed E-state index contributed by atoms with van der Waals surface area (Å²) in [6.45, 7) is 11.9. The van der Waals surface area contributed by atoms with E-state index in [0.717, 1.165) is 16.7 Å². The van der Waals surface area contributed by atoms with E-state index in [1.54, 1.807) is 6.08 Å². The summed E-state index contributed by atoms with van der Waals surface area (Å²) in [5.41, 5.74) is 2.22. The van der Waals surface area contributed by atoms with Crippen LogP contribution in [0.3, 0.4) is 0 Å². The molecule has 3 aliphatic heterocycles. The highest BCUT2D eigenvalue weighted by Crippen LogP contribution is 2.64. The summed E-state index contributed by atoms with van der Waals surface area (Å²) < 4.78 is 18.2. The van der Waals surface area contributed by atoms with Gasteiger partial charge in [-0.05, 0) is 49.5 Å². The van der Waals surface area contributed by atoms with Gasteiger partial charge in [-0.25, -0.2) is 4.79 Å². The van der Waals surface area contributed by atoms with Gasteiger partial charge in [-0.1, -0.05) is 56.3 Å². The fraction of sp³-hybridized carbons (Fsp3) is 0.552. The molecule has 194 valence electrons. The van der Waals surface area contributed by atoms with Gasteiger partial charge in [0.2, 0.25) is 5.79 Å². The molecule has 0 spiro atoms. The number of fused-ring (bicyclic) bond motifs is 7. The molecule has 1 aromatic rings. The van der Waals surface area contributed by atoms with Gasteiger partial charge in [0.25, 0.3) is 0 Å². The molecule has 0 unspecified atom stereocenters. The number of aliphatic hydroxyl groups is 3. The SMILES string of the molecule is C=C1[C@@H](OC(=O)/C=C/c2ccccc2)CC[C@]2(C)[C@@H]1[C@H](O)[C@H]1C[C@@]3(O)O[C@H](C(=C(C)C)[C@H]3C)[C@]2(O)O1. The third-order valence-corrected chi connectivity index (χ3v) is 8.94. The zero-order valence-corrected chi connectivity index (χ0v) is 21.3. The Hall–Kier alpha value is -2.29. The molecular formula is C29H36O7. The van der Waals surface area contributed by atoms with Crippen LogP contribution in [0.2, 0.25) is 0 Å². The van der Waals surface area contributed by atoms with Crippen molar-refractivity contribution in [1.82, 2.24) is 0 Å². The van der Waals surface area contributed by atoms with Gasteiger partial charge in [0.05, 0.1) is 12.2 Å². The largest absolute Gasteiger partial charge is 0.455 e. The Bertz CT molecular complexity index is 1120. The Labute approximate surface area is 212 Å². The van der Waals surface area contributed by atoms with Crippen molar-refractivity contribution in [3.05, 3.63) is 65.3 Å². The van der Waals surface area contributed by atoms with Crippen LogP contribution in [0.25, 0.3) is 6.08 Å². The van der Waals surface area contributed by atoms with Gasteiger partial charge in [0.15, 0.2) is 5.79 Å². The number of rotatable bonds is 3. The van der Waals surface area contributed by atoms with Crippen molar-refractivity contribution in [3.63, 3.8) is 0 Å². The van der Waals surface area contributed by atoms with Crippen molar-refractivity contribution in [1.29, 1.82) is 0 Å². The van der Waals surface area contributed by atoms with Crippen LogP contribution in [-0.4, -0.2) is 57.3 Å². The van der Waals surface area contributed by atoms with E-state index < -0.39 is 53.3 Å². The maximum atomic E-state index is 12.6. The van der Waals surface area contributed by atoms with Crippen LogP contribution in [0.5, 0.6) is 0 Å². The van der Waals surface area contributed by atoms with Crippen LogP contribution in [0.1, 0.15) is 52.5 Å². The van der Waals surface area contributed by atoms with Crippen LogP contribution in [0, 0.1) is 17.3 Å². The molecule has 36 heavy (non-hydrogen) atoms. The summed E-state index contributed by atoms with van der Waals surface area (Å²) in [6, 6.07) is 9.46. The topological polar surface area (TPSA) is 105 Å². The van der Waals surface area contributed by atoms with Crippen molar-refractivity contribution in [2.45, 2.75) is 82.9 Å². The normalized spacial score (nSPS) is 43.8. The summed E-state index contributed by atoms with van der Waals surface area (Å²) in [7, 11) is 0. The van der Waals surface area contributed by atoms with Crippen LogP contribution in [-0.2, 0) is 19.0 Å². The number of aliphatic hydroxyl groups excluding tert-OH is 1.